The lowest BCUT2D eigenvalue weighted by Gasteiger charge is -2.11. The maximum Gasteiger partial charge on any atom is 0.261 e. The van der Waals surface area contributed by atoms with Crippen molar-refractivity contribution in [3.63, 3.8) is 0 Å². The SMILES string of the molecule is O=C1NCCOc2ccc(NS(=O)(=O)c3ccc(Br)cc3)cc21. The van der Waals surface area contributed by atoms with Crippen LogP contribution < -0.4 is 14.8 Å². The molecule has 0 saturated carbocycles. The number of ether oxygens (including phenoxy) is 1. The van der Waals surface area contributed by atoms with E-state index in [4.69, 9.17) is 4.74 Å². The molecule has 1 aliphatic rings. The Kier molecular flexibility index (Phi) is 4.27. The minimum atomic E-state index is -3.73. The Balaban J connectivity index is 1.91. The summed E-state index contributed by atoms with van der Waals surface area (Å²) in [6.45, 7) is 0.788. The topological polar surface area (TPSA) is 84.5 Å². The monoisotopic (exact) mass is 396 g/mol. The standard InChI is InChI=1S/C15H13BrN2O4S/c16-10-1-4-12(5-2-10)23(20,21)18-11-3-6-14-13(9-11)15(19)17-7-8-22-14/h1-6,9,18H,7-8H2,(H,17,19). The smallest absolute Gasteiger partial charge is 0.261 e. The molecule has 2 aromatic rings. The average Bonchev–Trinajstić information content (AvgIpc) is 2.69. The van der Waals surface area contributed by atoms with E-state index >= 15 is 0 Å². The minimum Gasteiger partial charge on any atom is -0.491 e. The molecule has 0 bridgehead atoms. The van der Waals surface area contributed by atoms with Crippen LogP contribution in [-0.2, 0) is 10.0 Å². The van der Waals surface area contributed by atoms with E-state index in [0.717, 1.165) is 4.47 Å². The van der Waals surface area contributed by atoms with E-state index in [1.54, 1.807) is 24.3 Å². The maximum absolute atomic E-state index is 12.4. The summed E-state index contributed by atoms with van der Waals surface area (Å²) >= 11 is 3.26. The van der Waals surface area contributed by atoms with Crippen molar-refractivity contribution < 1.29 is 17.9 Å². The predicted molar refractivity (Wildman–Crippen MR) is 89.2 cm³/mol. The van der Waals surface area contributed by atoms with Crippen molar-refractivity contribution in [2.24, 2.45) is 0 Å². The molecule has 1 amide bonds. The first-order valence-electron chi connectivity index (χ1n) is 6.79. The quantitative estimate of drug-likeness (QED) is 0.833. The van der Waals surface area contributed by atoms with Gasteiger partial charge in [-0.2, -0.15) is 0 Å². The van der Waals surface area contributed by atoms with E-state index < -0.39 is 10.0 Å². The van der Waals surface area contributed by atoms with Gasteiger partial charge in [0.2, 0.25) is 0 Å². The van der Waals surface area contributed by atoms with Crippen LogP contribution >= 0.6 is 15.9 Å². The van der Waals surface area contributed by atoms with Crippen LogP contribution in [-0.4, -0.2) is 27.5 Å². The maximum atomic E-state index is 12.4. The first kappa shape index (κ1) is 15.8. The van der Waals surface area contributed by atoms with Crippen LogP contribution in [0.1, 0.15) is 10.4 Å². The highest BCUT2D eigenvalue weighted by Gasteiger charge is 2.19. The molecule has 23 heavy (non-hydrogen) atoms. The molecule has 0 aromatic heterocycles. The number of anilines is 1. The van der Waals surface area contributed by atoms with E-state index in [9.17, 15) is 13.2 Å². The number of hydrogen-bond acceptors (Lipinski definition) is 4. The first-order valence-corrected chi connectivity index (χ1v) is 9.07. The Bertz CT molecular complexity index is 850. The van der Waals surface area contributed by atoms with Crippen molar-refractivity contribution in [1.29, 1.82) is 0 Å². The summed E-state index contributed by atoms with van der Waals surface area (Å²) in [7, 11) is -3.73. The van der Waals surface area contributed by atoms with E-state index in [-0.39, 0.29) is 10.8 Å². The van der Waals surface area contributed by atoms with E-state index in [1.807, 2.05) is 0 Å². The minimum absolute atomic E-state index is 0.136. The molecule has 120 valence electrons. The number of amides is 1. The molecule has 1 aliphatic heterocycles. The lowest BCUT2D eigenvalue weighted by molar-refractivity contribution is 0.0957. The number of fused-ring (bicyclic) bond motifs is 1. The second-order valence-corrected chi connectivity index (χ2v) is 7.47. The largest absolute Gasteiger partial charge is 0.491 e. The summed E-state index contributed by atoms with van der Waals surface area (Å²) in [5, 5.41) is 2.68. The zero-order valence-electron chi connectivity index (χ0n) is 11.9. The van der Waals surface area contributed by atoms with E-state index in [2.05, 4.69) is 26.0 Å². The molecular weight excluding hydrogens is 384 g/mol. The number of halogens is 1. The number of nitrogens with one attached hydrogen (secondary N) is 2. The average molecular weight is 397 g/mol. The van der Waals surface area contributed by atoms with Gasteiger partial charge < -0.3 is 10.1 Å². The van der Waals surface area contributed by atoms with Gasteiger partial charge in [-0.3, -0.25) is 9.52 Å². The van der Waals surface area contributed by atoms with Gasteiger partial charge >= 0.3 is 0 Å². The summed E-state index contributed by atoms with van der Waals surface area (Å²) in [6, 6.07) is 10.9. The second kappa shape index (κ2) is 6.21. The molecule has 0 radical (unpaired) electrons. The number of rotatable bonds is 3. The molecule has 0 atom stereocenters. The fourth-order valence-electron chi connectivity index (χ4n) is 2.15. The van der Waals surface area contributed by atoms with Crippen LogP contribution in [0.4, 0.5) is 5.69 Å². The van der Waals surface area contributed by atoms with Gasteiger partial charge in [0.15, 0.2) is 0 Å². The molecule has 2 N–H and O–H groups in total. The van der Waals surface area contributed by atoms with Gasteiger partial charge in [-0.15, -0.1) is 0 Å². The number of hydrogen-bond donors (Lipinski definition) is 2. The van der Waals surface area contributed by atoms with Crippen molar-refractivity contribution in [2.75, 3.05) is 17.9 Å². The molecule has 0 fully saturated rings. The number of carbonyl (C=O) groups excluding carboxylic acids is 1. The molecule has 0 spiro atoms. The third-order valence-electron chi connectivity index (χ3n) is 3.25. The Hall–Kier alpha value is -2.06. The number of carbonyl (C=O) groups is 1. The molecule has 6 nitrogen and oxygen atoms in total. The van der Waals surface area contributed by atoms with Crippen LogP contribution in [0.15, 0.2) is 51.8 Å². The van der Waals surface area contributed by atoms with Crippen LogP contribution in [0, 0.1) is 0 Å². The second-order valence-electron chi connectivity index (χ2n) is 4.87. The van der Waals surface area contributed by atoms with Gasteiger partial charge in [-0.05, 0) is 42.5 Å². The van der Waals surface area contributed by atoms with Gasteiger partial charge in [-0.25, -0.2) is 8.42 Å². The lowest BCUT2D eigenvalue weighted by atomic mass is 10.1. The van der Waals surface area contributed by atoms with E-state index in [1.165, 1.54) is 18.2 Å². The van der Waals surface area contributed by atoms with Crippen molar-refractivity contribution in [3.8, 4) is 5.75 Å². The van der Waals surface area contributed by atoms with Crippen LogP contribution in [0.2, 0.25) is 0 Å². The summed E-state index contributed by atoms with van der Waals surface area (Å²) in [5.41, 5.74) is 0.603. The normalized spacial score (nSPS) is 14.2. The summed E-state index contributed by atoms with van der Waals surface area (Å²) < 4.78 is 33.4. The van der Waals surface area contributed by atoms with Crippen molar-refractivity contribution in [1.82, 2.24) is 5.32 Å². The first-order chi connectivity index (χ1) is 11.0. The zero-order valence-corrected chi connectivity index (χ0v) is 14.3. The molecule has 2 aromatic carbocycles. The molecular formula is C15H13BrN2O4S. The highest BCUT2D eigenvalue weighted by molar-refractivity contribution is 9.10. The van der Waals surface area contributed by atoms with Crippen molar-refractivity contribution in [3.05, 3.63) is 52.5 Å². The fraction of sp³-hybridized carbons (Fsp3) is 0.133. The van der Waals surface area contributed by atoms with Crippen LogP contribution in [0.25, 0.3) is 0 Å². The molecule has 0 unspecified atom stereocenters. The third kappa shape index (κ3) is 3.48. The van der Waals surface area contributed by atoms with Crippen molar-refractivity contribution >= 4 is 37.5 Å². The Labute approximate surface area is 142 Å². The Morgan fingerprint density at radius 2 is 1.87 bits per heavy atom. The van der Waals surface area contributed by atoms with Crippen LogP contribution in [0.3, 0.4) is 0 Å². The van der Waals surface area contributed by atoms with Crippen molar-refractivity contribution in [2.45, 2.75) is 4.90 Å². The highest BCUT2D eigenvalue weighted by atomic mass is 79.9. The Morgan fingerprint density at radius 3 is 2.61 bits per heavy atom. The highest BCUT2D eigenvalue weighted by Crippen LogP contribution is 2.26. The third-order valence-corrected chi connectivity index (χ3v) is 5.17. The summed E-state index contributed by atoms with van der Waals surface area (Å²) in [6.07, 6.45) is 0. The van der Waals surface area contributed by atoms with Gasteiger partial charge in [-0.1, -0.05) is 15.9 Å². The zero-order chi connectivity index (χ0) is 16.4. The van der Waals surface area contributed by atoms with Gasteiger partial charge in [0.05, 0.1) is 17.0 Å². The summed E-state index contributed by atoms with van der Waals surface area (Å²) in [4.78, 5) is 12.1. The molecule has 3 rings (SSSR count). The Morgan fingerprint density at radius 1 is 1.13 bits per heavy atom. The number of benzene rings is 2. The van der Waals surface area contributed by atoms with Gasteiger partial charge in [0, 0.05) is 10.2 Å². The fourth-order valence-corrected chi connectivity index (χ4v) is 3.46. The predicted octanol–water partition coefficient (Wildman–Crippen LogP) is 2.37. The van der Waals surface area contributed by atoms with Crippen LogP contribution in [0.5, 0.6) is 5.75 Å². The number of sulfonamides is 1. The lowest BCUT2D eigenvalue weighted by Crippen LogP contribution is -2.24. The molecule has 8 heteroatoms. The molecule has 0 saturated heterocycles. The molecule has 0 aliphatic carbocycles. The summed E-state index contributed by atoms with van der Waals surface area (Å²) in [5.74, 6) is 0.147. The van der Waals surface area contributed by atoms with E-state index in [0.29, 0.717) is 30.2 Å². The van der Waals surface area contributed by atoms with Gasteiger partial charge in [0.1, 0.15) is 12.4 Å². The van der Waals surface area contributed by atoms with Gasteiger partial charge in [0.25, 0.3) is 15.9 Å². The molecule has 1 heterocycles.